The number of aromatic nitrogens is 1. The van der Waals surface area contributed by atoms with Gasteiger partial charge in [-0.1, -0.05) is 17.7 Å². The molecule has 1 aromatic heterocycles. The number of hydrogen-bond donors (Lipinski definition) is 1. The second-order valence-electron chi connectivity index (χ2n) is 6.93. The molecule has 26 heavy (non-hydrogen) atoms. The summed E-state index contributed by atoms with van der Waals surface area (Å²) < 4.78 is 15.4. The van der Waals surface area contributed by atoms with Gasteiger partial charge in [-0.15, -0.1) is 0 Å². The minimum Gasteiger partial charge on any atom is -0.395 e. The second-order valence-corrected chi connectivity index (χ2v) is 7.37. The van der Waals surface area contributed by atoms with Gasteiger partial charge >= 0.3 is 0 Å². The average molecular weight is 373 g/mol. The van der Waals surface area contributed by atoms with Crippen LogP contribution in [0.4, 0.5) is 4.39 Å². The van der Waals surface area contributed by atoms with Crippen LogP contribution in [0.25, 0.3) is 16.6 Å². The summed E-state index contributed by atoms with van der Waals surface area (Å²) in [7, 11) is 0. The monoisotopic (exact) mass is 372 g/mol. The maximum absolute atomic E-state index is 13.3. The Bertz CT molecular complexity index is 898. The number of benzene rings is 2. The number of aliphatic hydroxyl groups excluding tert-OH is 1. The molecule has 1 aliphatic heterocycles. The lowest BCUT2D eigenvalue weighted by Gasteiger charge is -2.31. The molecule has 136 valence electrons. The molecule has 1 fully saturated rings. The fourth-order valence-electron chi connectivity index (χ4n) is 3.98. The molecular formula is C21H22ClFN2O. The first kappa shape index (κ1) is 17.5. The van der Waals surface area contributed by atoms with Gasteiger partial charge in [0.1, 0.15) is 5.82 Å². The van der Waals surface area contributed by atoms with Gasteiger partial charge in [0, 0.05) is 28.8 Å². The van der Waals surface area contributed by atoms with Crippen LogP contribution in [-0.4, -0.2) is 40.8 Å². The third-order valence-corrected chi connectivity index (χ3v) is 5.58. The van der Waals surface area contributed by atoms with E-state index in [1.54, 1.807) is 12.1 Å². The number of aliphatic hydroxyl groups is 1. The molecule has 1 saturated heterocycles. The molecule has 0 radical (unpaired) electrons. The first-order chi connectivity index (χ1) is 12.7. The fraction of sp³-hybridized carbons (Fsp3) is 0.333. The first-order valence-electron chi connectivity index (χ1n) is 9.05. The maximum Gasteiger partial charge on any atom is 0.123 e. The van der Waals surface area contributed by atoms with Crippen molar-refractivity contribution in [3.63, 3.8) is 0 Å². The van der Waals surface area contributed by atoms with Crippen molar-refractivity contribution < 1.29 is 9.50 Å². The highest BCUT2D eigenvalue weighted by Gasteiger charge is 2.24. The molecule has 3 nitrogen and oxygen atoms in total. The van der Waals surface area contributed by atoms with Crippen LogP contribution in [0.5, 0.6) is 0 Å². The van der Waals surface area contributed by atoms with Crippen LogP contribution >= 0.6 is 11.6 Å². The van der Waals surface area contributed by atoms with E-state index in [-0.39, 0.29) is 12.4 Å². The highest BCUT2D eigenvalue weighted by atomic mass is 35.5. The minimum atomic E-state index is -0.236. The van der Waals surface area contributed by atoms with E-state index in [1.807, 2.05) is 12.1 Å². The molecule has 1 N–H and O–H groups in total. The van der Waals surface area contributed by atoms with Crippen molar-refractivity contribution in [2.75, 3.05) is 26.2 Å². The van der Waals surface area contributed by atoms with Gasteiger partial charge in [-0.25, -0.2) is 4.39 Å². The molecule has 1 aliphatic rings. The third kappa shape index (κ3) is 3.37. The Balaban J connectivity index is 1.73. The van der Waals surface area contributed by atoms with Crippen molar-refractivity contribution >= 4 is 22.5 Å². The van der Waals surface area contributed by atoms with Crippen molar-refractivity contribution in [3.8, 4) is 5.69 Å². The zero-order valence-corrected chi connectivity index (χ0v) is 15.3. The van der Waals surface area contributed by atoms with Crippen molar-refractivity contribution in [2.24, 2.45) is 0 Å². The fourth-order valence-corrected chi connectivity index (χ4v) is 4.14. The van der Waals surface area contributed by atoms with Crippen LogP contribution in [0.15, 0.2) is 48.7 Å². The van der Waals surface area contributed by atoms with E-state index in [9.17, 15) is 4.39 Å². The molecule has 3 aromatic rings. The molecule has 0 aliphatic carbocycles. The van der Waals surface area contributed by atoms with Gasteiger partial charge in [-0.3, -0.25) is 0 Å². The van der Waals surface area contributed by atoms with Gasteiger partial charge < -0.3 is 14.6 Å². The van der Waals surface area contributed by atoms with Crippen LogP contribution < -0.4 is 0 Å². The Hall–Kier alpha value is -1.88. The van der Waals surface area contributed by atoms with E-state index in [2.05, 4.69) is 21.7 Å². The summed E-state index contributed by atoms with van der Waals surface area (Å²) in [6.07, 6.45) is 4.33. The summed E-state index contributed by atoms with van der Waals surface area (Å²) in [5, 5.41) is 11.0. The van der Waals surface area contributed by atoms with Gasteiger partial charge in [0.25, 0.3) is 0 Å². The quantitative estimate of drug-likeness (QED) is 0.725. The topological polar surface area (TPSA) is 28.4 Å². The Kier molecular flexibility index (Phi) is 4.98. The summed E-state index contributed by atoms with van der Waals surface area (Å²) >= 11 is 6.25. The van der Waals surface area contributed by atoms with Gasteiger partial charge in [0.2, 0.25) is 0 Å². The smallest absolute Gasteiger partial charge is 0.123 e. The number of fused-ring (bicyclic) bond motifs is 1. The molecule has 2 heterocycles. The molecule has 0 spiro atoms. The Morgan fingerprint density at radius 1 is 1.08 bits per heavy atom. The lowest BCUT2D eigenvalue weighted by molar-refractivity contribution is 0.164. The molecule has 0 bridgehead atoms. The van der Waals surface area contributed by atoms with Crippen molar-refractivity contribution in [1.29, 1.82) is 0 Å². The lowest BCUT2D eigenvalue weighted by Crippen LogP contribution is -2.34. The Morgan fingerprint density at radius 3 is 2.50 bits per heavy atom. The number of nitrogens with zero attached hydrogens (tertiary/aromatic N) is 2. The van der Waals surface area contributed by atoms with Gasteiger partial charge in [0.15, 0.2) is 0 Å². The summed E-state index contributed by atoms with van der Waals surface area (Å²) in [6, 6.07) is 12.6. The standard InChI is InChI=1S/C21H22ClFN2O/c22-16-1-6-19-20(15-7-9-24(10-8-15)11-12-26)14-25(21(19)13-16)18-4-2-17(23)3-5-18/h1-6,13-15,26H,7-12H2. The third-order valence-electron chi connectivity index (χ3n) is 5.35. The molecular weight excluding hydrogens is 351 g/mol. The summed E-state index contributed by atoms with van der Waals surface area (Å²) in [4.78, 5) is 2.31. The number of β-amino-alcohol motifs (C(OH)–C–C–N with tert-alkyl or cyclic N) is 1. The number of hydrogen-bond acceptors (Lipinski definition) is 2. The largest absolute Gasteiger partial charge is 0.395 e. The van der Waals surface area contributed by atoms with Crippen LogP contribution in [0, 0.1) is 5.82 Å². The number of likely N-dealkylation sites (tertiary alicyclic amines) is 1. The minimum absolute atomic E-state index is 0.215. The number of piperidine rings is 1. The summed E-state index contributed by atoms with van der Waals surface area (Å²) in [5.74, 6) is 0.245. The van der Waals surface area contributed by atoms with Gasteiger partial charge in [-0.05, 0) is 73.8 Å². The molecule has 2 aromatic carbocycles. The van der Waals surface area contributed by atoms with Gasteiger partial charge in [-0.2, -0.15) is 0 Å². The molecule has 0 amide bonds. The lowest BCUT2D eigenvalue weighted by atomic mass is 9.89. The Morgan fingerprint density at radius 2 is 1.81 bits per heavy atom. The van der Waals surface area contributed by atoms with E-state index in [0.29, 0.717) is 10.9 Å². The zero-order chi connectivity index (χ0) is 18.1. The van der Waals surface area contributed by atoms with Crippen LogP contribution in [-0.2, 0) is 0 Å². The van der Waals surface area contributed by atoms with E-state index in [0.717, 1.165) is 43.7 Å². The number of halogens is 2. The molecule has 0 saturated carbocycles. The summed E-state index contributed by atoms with van der Waals surface area (Å²) in [5.41, 5.74) is 3.31. The van der Waals surface area contributed by atoms with Crippen LogP contribution in [0.1, 0.15) is 24.3 Å². The van der Waals surface area contributed by atoms with E-state index < -0.39 is 0 Å². The maximum atomic E-state index is 13.3. The highest BCUT2D eigenvalue weighted by molar-refractivity contribution is 6.31. The molecule has 0 unspecified atom stereocenters. The molecule has 4 rings (SSSR count). The van der Waals surface area contributed by atoms with E-state index in [1.165, 1.54) is 23.1 Å². The first-order valence-corrected chi connectivity index (χ1v) is 9.43. The van der Waals surface area contributed by atoms with Gasteiger partial charge in [0.05, 0.1) is 12.1 Å². The van der Waals surface area contributed by atoms with Crippen molar-refractivity contribution in [3.05, 3.63) is 65.1 Å². The highest BCUT2D eigenvalue weighted by Crippen LogP contribution is 2.36. The van der Waals surface area contributed by atoms with Crippen molar-refractivity contribution in [2.45, 2.75) is 18.8 Å². The van der Waals surface area contributed by atoms with E-state index >= 15 is 0 Å². The van der Waals surface area contributed by atoms with Crippen LogP contribution in [0.3, 0.4) is 0 Å². The SMILES string of the molecule is OCCN1CCC(c2cn(-c3ccc(F)cc3)c3cc(Cl)ccc23)CC1. The predicted molar refractivity (Wildman–Crippen MR) is 104 cm³/mol. The summed E-state index contributed by atoms with van der Waals surface area (Å²) in [6.45, 7) is 2.97. The average Bonchev–Trinajstić information content (AvgIpc) is 3.02. The molecule has 5 heteroatoms. The molecule has 0 atom stereocenters. The van der Waals surface area contributed by atoms with E-state index in [4.69, 9.17) is 16.7 Å². The number of rotatable bonds is 4. The Labute approximate surface area is 157 Å². The predicted octanol–water partition coefficient (Wildman–Crippen LogP) is 4.59. The zero-order valence-electron chi connectivity index (χ0n) is 14.5. The second kappa shape index (κ2) is 7.39. The van der Waals surface area contributed by atoms with Crippen LogP contribution in [0.2, 0.25) is 5.02 Å². The normalized spacial score (nSPS) is 16.4. The van der Waals surface area contributed by atoms with Crippen molar-refractivity contribution in [1.82, 2.24) is 9.47 Å².